The molecule has 0 aliphatic carbocycles. The minimum atomic E-state index is -3.94. The van der Waals surface area contributed by atoms with E-state index in [2.05, 4.69) is 11.8 Å². The van der Waals surface area contributed by atoms with Crippen LogP contribution in [-0.4, -0.2) is 66.1 Å². The molecule has 11 nitrogen and oxygen atoms in total. The van der Waals surface area contributed by atoms with Crippen LogP contribution in [0.5, 0.6) is 5.75 Å². The van der Waals surface area contributed by atoms with Gasteiger partial charge in [-0.3, -0.25) is 10.0 Å². The van der Waals surface area contributed by atoms with E-state index in [-0.39, 0.29) is 47.2 Å². The van der Waals surface area contributed by atoms with Gasteiger partial charge in [-0.1, -0.05) is 42.3 Å². The molecule has 3 aromatic carbocycles. The van der Waals surface area contributed by atoms with Gasteiger partial charge in [0.2, 0.25) is 10.0 Å². The van der Waals surface area contributed by atoms with Crippen molar-refractivity contribution in [3.8, 4) is 17.6 Å². The summed E-state index contributed by atoms with van der Waals surface area (Å²) in [6, 6.07) is 21.5. The molecule has 1 fully saturated rings. The highest BCUT2D eigenvalue weighted by molar-refractivity contribution is 8.13. The maximum Gasteiger partial charge on any atom is 0.261 e. The molecule has 1 heterocycles. The Labute approximate surface area is 262 Å². The molecular formula is C29H31ClN2O9S3. The Bertz CT molecular complexity index is 1800. The molecule has 0 radical (unpaired) electrons. The van der Waals surface area contributed by atoms with Crippen LogP contribution in [0.25, 0.3) is 0 Å². The number of sulfone groups is 1. The first-order valence-corrected chi connectivity index (χ1v) is 18.5. The van der Waals surface area contributed by atoms with Crippen LogP contribution in [0.1, 0.15) is 19.8 Å². The molecule has 0 spiro atoms. The molecular weight excluding hydrogens is 652 g/mol. The fraction of sp³-hybridized carbons (Fsp3) is 0.276. The normalized spacial score (nSPS) is 15.1. The van der Waals surface area contributed by atoms with E-state index in [1.54, 1.807) is 48.8 Å². The summed E-state index contributed by atoms with van der Waals surface area (Å²) in [7, 11) is -6.23. The summed E-state index contributed by atoms with van der Waals surface area (Å²) in [5.41, 5.74) is 0.0845. The summed E-state index contributed by atoms with van der Waals surface area (Å²) < 4.78 is 79.9. The standard InChI is InChI=1S/C23H26N2O7S2.C6H5ClO2S/c1-2-3-17-32-19-9-11-20(12-10-19)33(28,29)18-23(22(26)24-27)13-15-25(16-14-23)34(30,31)21-7-5-4-6-8-21;7-10(8,9)6-4-2-1-3-5-6/h4-12,27H,13-18H2,1H3,(H,24,26);1-5H. The number of hydrogen-bond acceptors (Lipinski definition) is 9. The van der Waals surface area contributed by atoms with Crippen molar-refractivity contribution in [3.63, 3.8) is 0 Å². The monoisotopic (exact) mass is 682 g/mol. The van der Waals surface area contributed by atoms with E-state index >= 15 is 0 Å². The third-order valence-electron chi connectivity index (χ3n) is 6.81. The van der Waals surface area contributed by atoms with E-state index in [0.717, 1.165) is 0 Å². The molecule has 3 aromatic rings. The van der Waals surface area contributed by atoms with Gasteiger partial charge >= 0.3 is 0 Å². The Balaban J connectivity index is 0.000000448. The predicted molar refractivity (Wildman–Crippen MR) is 164 cm³/mol. The highest BCUT2D eigenvalue weighted by atomic mass is 35.7. The number of piperidine rings is 1. The lowest BCUT2D eigenvalue weighted by Crippen LogP contribution is -2.52. The van der Waals surface area contributed by atoms with Gasteiger partial charge in [-0.2, -0.15) is 4.31 Å². The number of carbonyl (C=O) groups is 1. The second kappa shape index (κ2) is 15.0. The zero-order chi connectivity index (χ0) is 32.4. The number of carbonyl (C=O) groups excluding carboxylic acids is 1. The highest BCUT2D eigenvalue weighted by Gasteiger charge is 2.47. The Hall–Kier alpha value is -3.45. The van der Waals surface area contributed by atoms with E-state index in [9.17, 15) is 35.3 Å². The number of sulfonamides is 1. The number of halogens is 1. The van der Waals surface area contributed by atoms with Crippen molar-refractivity contribution in [1.82, 2.24) is 9.79 Å². The fourth-order valence-electron chi connectivity index (χ4n) is 4.42. The number of ether oxygens (including phenoxy) is 1. The lowest BCUT2D eigenvalue weighted by atomic mass is 9.80. The molecule has 0 atom stereocenters. The van der Waals surface area contributed by atoms with Gasteiger partial charge in [-0.25, -0.2) is 30.7 Å². The van der Waals surface area contributed by atoms with Crippen LogP contribution in [0.2, 0.25) is 0 Å². The van der Waals surface area contributed by atoms with Crippen LogP contribution >= 0.6 is 10.7 Å². The van der Waals surface area contributed by atoms with E-state index in [0.29, 0.717) is 5.75 Å². The first-order chi connectivity index (χ1) is 20.7. The van der Waals surface area contributed by atoms with Crippen LogP contribution in [0.15, 0.2) is 99.6 Å². The van der Waals surface area contributed by atoms with Gasteiger partial charge in [0.1, 0.15) is 12.4 Å². The van der Waals surface area contributed by atoms with E-state index in [4.69, 9.17) is 15.4 Å². The first kappa shape index (κ1) is 35.0. The van der Waals surface area contributed by atoms with Gasteiger partial charge in [0.05, 0.1) is 25.9 Å². The van der Waals surface area contributed by atoms with Crippen LogP contribution in [0.4, 0.5) is 0 Å². The Kier molecular flexibility index (Phi) is 12.0. The quantitative estimate of drug-likeness (QED) is 0.149. The molecule has 1 aliphatic heterocycles. The zero-order valence-corrected chi connectivity index (χ0v) is 26.8. The van der Waals surface area contributed by atoms with Crippen molar-refractivity contribution >= 4 is 45.5 Å². The van der Waals surface area contributed by atoms with Crippen molar-refractivity contribution in [2.24, 2.45) is 5.41 Å². The number of hydrogen-bond donors (Lipinski definition) is 2. The van der Waals surface area contributed by atoms with E-state index in [1.807, 2.05) is 0 Å². The smallest absolute Gasteiger partial charge is 0.261 e. The summed E-state index contributed by atoms with van der Waals surface area (Å²) in [5, 5.41) is 9.31. The van der Waals surface area contributed by atoms with E-state index < -0.39 is 46.0 Å². The minimum absolute atomic E-state index is 0.00845. The Morgan fingerprint density at radius 1 is 0.864 bits per heavy atom. The molecule has 2 N–H and O–H groups in total. The molecule has 4 rings (SSSR count). The van der Waals surface area contributed by atoms with Gasteiger partial charge in [-0.15, -0.1) is 5.92 Å². The van der Waals surface area contributed by atoms with Crippen molar-refractivity contribution in [3.05, 3.63) is 84.9 Å². The molecule has 0 unspecified atom stereocenters. The second-order valence-electron chi connectivity index (χ2n) is 9.64. The number of amides is 1. The summed E-state index contributed by atoms with van der Waals surface area (Å²) in [6.45, 7) is 1.72. The molecule has 1 aliphatic rings. The Morgan fingerprint density at radius 2 is 1.39 bits per heavy atom. The minimum Gasteiger partial charge on any atom is -0.481 e. The third kappa shape index (κ3) is 9.04. The number of nitrogens with zero attached hydrogens (tertiary/aromatic N) is 1. The van der Waals surface area contributed by atoms with Crippen molar-refractivity contribution in [2.45, 2.75) is 34.5 Å². The molecule has 0 saturated carbocycles. The Morgan fingerprint density at radius 3 is 1.84 bits per heavy atom. The number of benzene rings is 3. The fourth-order valence-corrected chi connectivity index (χ4v) is 8.53. The van der Waals surface area contributed by atoms with Crippen LogP contribution < -0.4 is 10.2 Å². The molecule has 0 aromatic heterocycles. The predicted octanol–water partition coefficient (Wildman–Crippen LogP) is 3.45. The molecule has 15 heteroatoms. The molecule has 1 saturated heterocycles. The number of nitrogens with one attached hydrogen (secondary N) is 1. The lowest BCUT2D eigenvalue weighted by Gasteiger charge is -2.39. The molecule has 0 bridgehead atoms. The zero-order valence-electron chi connectivity index (χ0n) is 23.6. The van der Waals surface area contributed by atoms with Gasteiger partial charge < -0.3 is 4.74 Å². The first-order valence-electron chi connectivity index (χ1n) is 13.1. The maximum absolute atomic E-state index is 13.1. The summed E-state index contributed by atoms with van der Waals surface area (Å²) >= 11 is 0. The van der Waals surface area contributed by atoms with Crippen molar-refractivity contribution in [1.29, 1.82) is 0 Å². The number of hydroxylamine groups is 1. The molecule has 44 heavy (non-hydrogen) atoms. The van der Waals surface area contributed by atoms with Crippen molar-refractivity contribution < 1.29 is 40.0 Å². The largest absolute Gasteiger partial charge is 0.481 e. The van der Waals surface area contributed by atoms with Crippen LogP contribution in [-0.2, 0) is 33.7 Å². The molecule has 1 amide bonds. The summed E-state index contributed by atoms with van der Waals surface area (Å²) in [6.07, 6.45) is -0.136. The van der Waals surface area contributed by atoms with E-state index in [1.165, 1.54) is 52.8 Å². The van der Waals surface area contributed by atoms with Crippen LogP contribution in [0.3, 0.4) is 0 Å². The van der Waals surface area contributed by atoms with Crippen molar-refractivity contribution in [2.75, 3.05) is 25.4 Å². The maximum atomic E-state index is 13.1. The SMILES string of the molecule is CC#CCOc1ccc(S(=O)(=O)CC2(C(=O)NO)CCN(S(=O)(=O)c3ccccc3)CC2)cc1.O=S(=O)(Cl)c1ccccc1. The third-order valence-corrected chi connectivity index (χ3v) is 12.0. The van der Waals surface area contributed by atoms with Crippen LogP contribution in [0, 0.1) is 17.3 Å². The summed E-state index contributed by atoms with van der Waals surface area (Å²) in [5.74, 6) is 4.45. The second-order valence-corrected chi connectivity index (χ2v) is 16.1. The van der Waals surface area contributed by atoms with Gasteiger partial charge in [0, 0.05) is 23.8 Å². The lowest BCUT2D eigenvalue weighted by molar-refractivity contribution is -0.140. The topological polar surface area (TPSA) is 164 Å². The van der Waals surface area contributed by atoms with Gasteiger partial charge in [0.25, 0.3) is 15.0 Å². The van der Waals surface area contributed by atoms with Gasteiger partial charge in [-0.05, 0) is 68.3 Å². The van der Waals surface area contributed by atoms with Gasteiger partial charge in [0.15, 0.2) is 9.84 Å². The summed E-state index contributed by atoms with van der Waals surface area (Å²) in [4.78, 5) is 12.8. The average molecular weight is 683 g/mol. The highest BCUT2D eigenvalue weighted by Crippen LogP contribution is 2.37. The number of rotatable bonds is 9. The average Bonchev–Trinajstić information content (AvgIpc) is 3.02. The molecule has 236 valence electrons.